The standard InChI is InChI=1S/C12H19N3O3S/c1-8(16)9-4-5-15(7-9)11-3-2-10(13)6-12(11)19(14,17)18/h2-3,6,8-9,16H,4-5,7,13H2,1H3,(H2,14,17,18). The molecular weight excluding hydrogens is 266 g/mol. The Kier molecular flexibility index (Phi) is 3.71. The number of aliphatic hydroxyl groups excluding tert-OH is 1. The molecule has 5 N–H and O–H groups in total. The fourth-order valence-corrected chi connectivity index (χ4v) is 3.21. The third-order valence-corrected chi connectivity index (χ3v) is 4.48. The fourth-order valence-electron chi connectivity index (χ4n) is 2.42. The van der Waals surface area contributed by atoms with Crippen LogP contribution in [0.3, 0.4) is 0 Å². The molecule has 0 aliphatic carbocycles. The number of aliphatic hydroxyl groups is 1. The summed E-state index contributed by atoms with van der Waals surface area (Å²) < 4.78 is 23.2. The van der Waals surface area contributed by atoms with Crippen molar-refractivity contribution in [2.24, 2.45) is 11.1 Å². The molecule has 1 aliphatic heterocycles. The first kappa shape index (κ1) is 14.1. The Morgan fingerprint density at radius 1 is 1.47 bits per heavy atom. The van der Waals surface area contributed by atoms with Crippen LogP contribution in [0.2, 0.25) is 0 Å². The van der Waals surface area contributed by atoms with E-state index in [0.29, 0.717) is 24.5 Å². The minimum Gasteiger partial charge on any atom is -0.399 e. The fraction of sp³-hybridized carbons (Fsp3) is 0.500. The van der Waals surface area contributed by atoms with Gasteiger partial charge in [-0.2, -0.15) is 0 Å². The van der Waals surface area contributed by atoms with E-state index < -0.39 is 16.1 Å². The lowest BCUT2D eigenvalue weighted by atomic mass is 10.0. The average molecular weight is 285 g/mol. The van der Waals surface area contributed by atoms with Crippen molar-refractivity contribution in [3.05, 3.63) is 18.2 Å². The molecule has 1 aliphatic rings. The molecule has 1 aromatic carbocycles. The first-order valence-corrected chi connectivity index (χ1v) is 7.69. The van der Waals surface area contributed by atoms with Crippen LogP contribution in [0.25, 0.3) is 0 Å². The Bertz CT molecular complexity index is 572. The van der Waals surface area contributed by atoms with Crippen molar-refractivity contribution >= 4 is 21.4 Å². The van der Waals surface area contributed by atoms with Crippen LogP contribution < -0.4 is 15.8 Å². The maximum absolute atomic E-state index is 11.6. The highest BCUT2D eigenvalue weighted by Crippen LogP contribution is 2.31. The third-order valence-electron chi connectivity index (χ3n) is 3.54. The first-order chi connectivity index (χ1) is 8.79. The molecule has 0 saturated carbocycles. The van der Waals surface area contributed by atoms with E-state index in [-0.39, 0.29) is 10.8 Å². The van der Waals surface area contributed by atoms with Crippen molar-refractivity contribution in [3.8, 4) is 0 Å². The van der Waals surface area contributed by atoms with Crippen molar-refractivity contribution in [3.63, 3.8) is 0 Å². The van der Waals surface area contributed by atoms with Crippen molar-refractivity contribution < 1.29 is 13.5 Å². The Balaban J connectivity index is 2.36. The zero-order chi connectivity index (χ0) is 14.2. The molecule has 0 spiro atoms. The lowest BCUT2D eigenvalue weighted by Gasteiger charge is -2.22. The van der Waals surface area contributed by atoms with Gasteiger partial charge in [-0.1, -0.05) is 0 Å². The summed E-state index contributed by atoms with van der Waals surface area (Å²) in [6, 6.07) is 4.69. The number of nitrogens with two attached hydrogens (primary N) is 2. The zero-order valence-corrected chi connectivity index (χ0v) is 11.6. The van der Waals surface area contributed by atoms with Gasteiger partial charge in [0.25, 0.3) is 0 Å². The van der Waals surface area contributed by atoms with Crippen LogP contribution in [0.15, 0.2) is 23.1 Å². The summed E-state index contributed by atoms with van der Waals surface area (Å²) in [4.78, 5) is 1.97. The van der Waals surface area contributed by atoms with E-state index in [0.717, 1.165) is 6.42 Å². The molecule has 0 radical (unpaired) electrons. The Morgan fingerprint density at radius 3 is 2.68 bits per heavy atom. The SMILES string of the molecule is CC(O)C1CCN(c2ccc(N)cc2S(N)(=O)=O)C1. The number of sulfonamides is 1. The molecule has 1 saturated heterocycles. The highest BCUT2D eigenvalue weighted by atomic mass is 32.2. The maximum atomic E-state index is 11.6. The summed E-state index contributed by atoms with van der Waals surface area (Å²) in [5, 5.41) is 14.8. The Labute approximate surface area is 113 Å². The predicted octanol–water partition coefficient (Wildman–Crippen LogP) is 0.123. The van der Waals surface area contributed by atoms with Crippen LogP contribution in [-0.4, -0.2) is 32.7 Å². The van der Waals surface area contributed by atoms with Crippen LogP contribution in [0.4, 0.5) is 11.4 Å². The van der Waals surface area contributed by atoms with Gasteiger partial charge in [-0.05, 0) is 31.5 Å². The molecule has 1 heterocycles. The summed E-state index contributed by atoms with van der Waals surface area (Å²) in [5.41, 5.74) is 6.54. The second kappa shape index (κ2) is 4.99. The summed E-state index contributed by atoms with van der Waals surface area (Å²) in [6.07, 6.45) is 0.420. The van der Waals surface area contributed by atoms with Gasteiger partial charge in [-0.15, -0.1) is 0 Å². The molecule has 1 fully saturated rings. The van der Waals surface area contributed by atoms with E-state index >= 15 is 0 Å². The van der Waals surface area contributed by atoms with Crippen molar-refractivity contribution in [1.29, 1.82) is 0 Å². The van der Waals surface area contributed by atoms with Gasteiger partial charge in [-0.3, -0.25) is 0 Å². The van der Waals surface area contributed by atoms with Gasteiger partial charge in [0.2, 0.25) is 10.0 Å². The molecule has 2 atom stereocenters. The molecule has 1 aromatic rings. The van der Waals surface area contributed by atoms with Crippen LogP contribution in [0, 0.1) is 5.92 Å². The van der Waals surface area contributed by atoms with Gasteiger partial charge in [-0.25, -0.2) is 13.6 Å². The summed E-state index contributed by atoms with van der Waals surface area (Å²) in [7, 11) is -3.82. The lowest BCUT2D eigenvalue weighted by molar-refractivity contribution is 0.136. The second-order valence-electron chi connectivity index (χ2n) is 5.01. The van der Waals surface area contributed by atoms with E-state index in [9.17, 15) is 13.5 Å². The number of nitrogens with zero attached hydrogens (tertiary/aromatic N) is 1. The van der Waals surface area contributed by atoms with Crippen molar-refractivity contribution in [1.82, 2.24) is 0 Å². The monoisotopic (exact) mass is 285 g/mol. The van der Waals surface area contributed by atoms with E-state index in [4.69, 9.17) is 10.9 Å². The predicted molar refractivity (Wildman–Crippen MR) is 74.2 cm³/mol. The van der Waals surface area contributed by atoms with E-state index in [1.165, 1.54) is 6.07 Å². The summed E-state index contributed by atoms with van der Waals surface area (Å²) >= 11 is 0. The second-order valence-corrected chi connectivity index (χ2v) is 6.54. The summed E-state index contributed by atoms with van der Waals surface area (Å²) in [6.45, 7) is 3.06. The topological polar surface area (TPSA) is 110 Å². The van der Waals surface area contributed by atoms with Crippen molar-refractivity contribution in [2.45, 2.75) is 24.3 Å². The number of hydrogen-bond donors (Lipinski definition) is 3. The minimum atomic E-state index is -3.82. The summed E-state index contributed by atoms with van der Waals surface area (Å²) in [5.74, 6) is 0.144. The average Bonchev–Trinajstić information content (AvgIpc) is 2.77. The molecule has 2 rings (SSSR count). The number of primary sulfonamides is 1. The molecule has 19 heavy (non-hydrogen) atoms. The molecule has 0 amide bonds. The first-order valence-electron chi connectivity index (χ1n) is 6.14. The van der Waals surface area contributed by atoms with Crippen LogP contribution >= 0.6 is 0 Å². The number of hydrogen-bond acceptors (Lipinski definition) is 5. The van der Waals surface area contributed by atoms with E-state index in [1.54, 1.807) is 19.1 Å². The smallest absolute Gasteiger partial charge is 0.240 e. The molecule has 6 nitrogen and oxygen atoms in total. The van der Waals surface area contributed by atoms with Crippen LogP contribution in [-0.2, 0) is 10.0 Å². The van der Waals surface area contributed by atoms with Crippen LogP contribution in [0.5, 0.6) is 0 Å². The molecule has 7 heteroatoms. The van der Waals surface area contributed by atoms with Gasteiger partial charge in [0, 0.05) is 24.7 Å². The van der Waals surface area contributed by atoms with Gasteiger partial charge in [0.05, 0.1) is 11.8 Å². The maximum Gasteiger partial charge on any atom is 0.240 e. The van der Waals surface area contributed by atoms with Gasteiger partial charge in [0.1, 0.15) is 4.90 Å². The normalized spacial score (nSPS) is 21.6. The Morgan fingerprint density at radius 2 is 2.16 bits per heavy atom. The highest BCUT2D eigenvalue weighted by Gasteiger charge is 2.29. The lowest BCUT2D eigenvalue weighted by Crippen LogP contribution is -2.26. The van der Waals surface area contributed by atoms with Gasteiger partial charge in [0.15, 0.2) is 0 Å². The van der Waals surface area contributed by atoms with Crippen molar-refractivity contribution in [2.75, 3.05) is 23.7 Å². The molecule has 0 bridgehead atoms. The third kappa shape index (κ3) is 2.99. The minimum absolute atomic E-state index is 0.0405. The largest absolute Gasteiger partial charge is 0.399 e. The van der Waals surface area contributed by atoms with Gasteiger partial charge < -0.3 is 15.7 Å². The van der Waals surface area contributed by atoms with E-state index in [2.05, 4.69) is 0 Å². The molecule has 2 unspecified atom stereocenters. The van der Waals surface area contributed by atoms with E-state index in [1.807, 2.05) is 4.90 Å². The van der Waals surface area contributed by atoms with Gasteiger partial charge >= 0.3 is 0 Å². The molecule has 106 valence electrons. The number of nitrogen functional groups attached to an aromatic ring is 1. The number of rotatable bonds is 3. The quantitative estimate of drug-likeness (QED) is 0.683. The Hall–Kier alpha value is -1.31. The zero-order valence-electron chi connectivity index (χ0n) is 10.8. The number of benzene rings is 1. The number of anilines is 2. The molecule has 0 aromatic heterocycles. The van der Waals surface area contributed by atoms with Crippen LogP contribution in [0.1, 0.15) is 13.3 Å². The highest BCUT2D eigenvalue weighted by molar-refractivity contribution is 7.89. The molecular formula is C12H19N3O3S.